The van der Waals surface area contributed by atoms with Crippen LogP contribution in [-0.2, 0) is 11.3 Å². The van der Waals surface area contributed by atoms with Crippen molar-refractivity contribution in [3.63, 3.8) is 0 Å². The van der Waals surface area contributed by atoms with Gasteiger partial charge in [0.15, 0.2) is 4.34 Å². The summed E-state index contributed by atoms with van der Waals surface area (Å²) in [6, 6.07) is 17.4. The van der Waals surface area contributed by atoms with Gasteiger partial charge < -0.3 is 4.90 Å². The predicted molar refractivity (Wildman–Crippen MR) is 127 cm³/mol. The van der Waals surface area contributed by atoms with Crippen LogP contribution in [0.25, 0.3) is 0 Å². The Morgan fingerprint density at radius 2 is 1.97 bits per heavy atom. The van der Waals surface area contributed by atoms with Crippen LogP contribution in [-0.4, -0.2) is 38.4 Å². The highest BCUT2D eigenvalue weighted by Gasteiger charge is 2.32. The molecular formula is C22H20N4O2S3. The van der Waals surface area contributed by atoms with Crippen molar-refractivity contribution < 1.29 is 9.59 Å². The molecule has 0 spiro atoms. The monoisotopic (exact) mass is 468 g/mol. The largest absolute Gasteiger partial charge is 0.322 e. The van der Waals surface area contributed by atoms with E-state index >= 15 is 0 Å². The molecule has 1 atom stereocenters. The van der Waals surface area contributed by atoms with Gasteiger partial charge in [0.2, 0.25) is 11.0 Å². The summed E-state index contributed by atoms with van der Waals surface area (Å²) in [6.07, 6.45) is 1.79. The SMILES string of the molecule is C=CCSc1nnc(NC(=O)c2ccc([C@H]3SCC(=O)N3Cc3ccccc3)cc2)s1. The molecule has 1 fully saturated rings. The maximum atomic E-state index is 12.6. The van der Waals surface area contributed by atoms with E-state index in [1.54, 1.807) is 30.0 Å². The van der Waals surface area contributed by atoms with E-state index in [0.29, 0.717) is 23.0 Å². The van der Waals surface area contributed by atoms with E-state index in [0.717, 1.165) is 21.2 Å². The third-order valence-corrected chi connectivity index (χ3v) is 7.80. The number of hydrogen-bond donors (Lipinski definition) is 1. The van der Waals surface area contributed by atoms with Gasteiger partial charge >= 0.3 is 0 Å². The van der Waals surface area contributed by atoms with E-state index in [4.69, 9.17) is 0 Å². The molecule has 1 saturated heterocycles. The van der Waals surface area contributed by atoms with Crippen molar-refractivity contribution in [1.82, 2.24) is 15.1 Å². The zero-order valence-corrected chi connectivity index (χ0v) is 19.0. The number of amides is 2. The van der Waals surface area contributed by atoms with E-state index in [1.165, 1.54) is 23.1 Å². The molecule has 0 aliphatic carbocycles. The number of thioether (sulfide) groups is 2. The molecule has 0 unspecified atom stereocenters. The second-order valence-corrected chi connectivity index (χ2v) is 10.0. The molecule has 1 aliphatic heterocycles. The minimum atomic E-state index is -0.237. The van der Waals surface area contributed by atoms with Crippen LogP contribution >= 0.6 is 34.9 Å². The molecule has 2 amide bonds. The van der Waals surface area contributed by atoms with Gasteiger partial charge in [0.05, 0.1) is 5.75 Å². The number of aromatic nitrogens is 2. The molecule has 158 valence electrons. The second kappa shape index (κ2) is 10.1. The van der Waals surface area contributed by atoms with E-state index in [2.05, 4.69) is 22.1 Å². The minimum Gasteiger partial charge on any atom is -0.322 e. The first-order chi connectivity index (χ1) is 15.1. The Labute approximate surface area is 193 Å². The third kappa shape index (κ3) is 5.36. The second-order valence-electron chi connectivity index (χ2n) is 6.72. The van der Waals surface area contributed by atoms with Gasteiger partial charge in [0.1, 0.15) is 5.37 Å². The van der Waals surface area contributed by atoms with Crippen molar-refractivity contribution in [2.24, 2.45) is 0 Å². The lowest BCUT2D eigenvalue weighted by molar-refractivity contribution is -0.128. The summed E-state index contributed by atoms with van der Waals surface area (Å²) in [5.41, 5.74) is 2.63. The first-order valence-corrected chi connectivity index (χ1v) is 12.4. The van der Waals surface area contributed by atoms with E-state index in [9.17, 15) is 9.59 Å². The Kier molecular flexibility index (Phi) is 7.06. The Morgan fingerprint density at radius 3 is 2.71 bits per heavy atom. The molecule has 0 bridgehead atoms. The Balaban J connectivity index is 1.42. The van der Waals surface area contributed by atoms with Crippen molar-refractivity contribution in [3.05, 3.63) is 83.9 Å². The Hall–Kier alpha value is -2.62. The van der Waals surface area contributed by atoms with Crippen LogP contribution in [0.4, 0.5) is 5.13 Å². The Bertz CT molecular complexity index is 1070. The molecule has 1 N–H and O–H groups in total. The number of carbonyl (C=O) groups excluding carboxylic acids is 2. The number of nitrogens with zero attached hydrogens (tertiary/aromatic N) is 3. The molecule has 2 heterocycles. The van der Waals surface area contributed by atoms with Gasteiger partial charge in [0.25, 0.3) is 5.91 Å². The van der Waals surface area contributed by atoms with Gasteiger partial charge in [-0.1, -0.05) is 71.6 Å². The zero-order chi connectivity index (χ0) is 21.6. The summed E-state index contributed by atoms with van der Waals surface area (Å²) in [7, 11) is 0. The molecule has 4 rings (SSSR count). The molecule has 0 radical (unpaired) electrons. The number of hydrogen-bond acceptors (Lipinski definition) is 7. The Morgan fingerprint density at radius 1 is 1.19 bits per heavy atom. The van der Waals surface area contributed by atoms with Gasteiger partial charge in [-0.15, -0.1) is 28.5 Å². The van der Waals surface area contributed by atoms with Crippen molar-refractivity contribution in [2.45, 2.75) is 16.3 Å². The molecule has 2 aromatic carbocycles. The predicted octanol–water partition coefficient (Wildman–Crippen LogP) is 4.84. The average Bonchev–Trinajstić information content (AvgIpc) is 3.39. The van der Waals surface area contributed by atoms with E-state index < -0.39 is 0 Å². The number of benzene rings is 2. The topological polar surface area (TPSA) is 75.2 Å². The summed E-state index contributed by atoms with van der Waals surface area (Å²) >= 11 is 4.46. The smallest absolute Gasteiger partial charge is 0.257 e. The summed E-state index contributed by atoms with van der Waals surface area (Å²) < 4.78 is 0.784. The number of rotatable bonds is 8. The van der Waals surface area contributed by atoms with Gasteiger partial charge in [-0.25, -0.2) is 0 Å². The molecular weight excluding hydrogens is 448 g/mol. The molecule has 3 aromatic rings. The van der Waals surface area contributed by atoms with Crippen LogP contribution in [0.15, 0.2) is 71.6 Å². The fourth-order valence-electron chi connectivity index (χ4n) is 3.10. The van der Waals surface area contributed by atoms with Gasteiger partial charge in [0, 0.05) is 17.9 Å². The van der Waals surface area contributed by atoms with Crippen molar-refractivity contribution in [1.29, 1.82) is 0 Å². The fraction of sp³-hybridized carbons (Fsp3) is 0.182. The quantitative estimate of drug-likeness (QED) is 0.290. The molecule has 0 saturated carbocycles. The molecule has 1 aromatic heterocycles. The van der Waals surface area contributed by atoms with Gasteiger partial charge in [-0.05, 0) is 23.3 Å². The standard InChI is InChI=1S/C22H20N4O2S3/c1-2-12-29-22-25-24-21(31-22)23-19(28)16-8-10-17(11-9-16)20-26(18(27)14-30-20)13-15-6-4-3-5-7-15/h2-11,20H,1,12-14H2,(H,23,24,28)/t20-/m1/s1. The van der Waals surface area contributed by atoms with E-state index in [-0.39, 0.29) is 17.2 Å². The summed E-state index contributed by atoms with van der Waals surface area (Å²) in [4.78, 5) is 26.9. The summed E-state index contributed by atoms with van der Waals surface area (Å²) in [6.45, 7) is 4.25. The highest BCUT2D eigenvalue weighted by atomic mass is 32.2. The highest BCUT2D eigenvalue weighted by molar-refractivity contribution is 8.01. The van der Waals surface area contributed by atoms with Gasteiger partial charge in [-0.2, -0.15) is 0 Å². The third-order valence-electron chi connectivity index (χ3n) is 4.57. The van der Waals surface area contributed by atoms with Crippen LogP contribution in [0.2, 0.25) is 0 Å². The fourth-order valence-corrected chi connectivity index (χ4v) is 5.79. The maximum Gasteiger partial charge on any atom is 0.257 e. The lowest BCUT2D eigenvalue weighted by Crippen LogP contribution is -2.27. The number of anilines is 1. The number of nitrogens with one attached hydrogen (secondary N) is 1. The molecule has 9 heteroatoms. The first-order valence-electron chi connectivity index (χ1n) is 9.57. The first kappa shape index (κ1) is 21.6. The summed E-state index contributed by atoms with van der Waals surface area (Å²) in [5.74, 6) is 1.09. The van der Waals surface area contributed by atoms with Crippen LogP contribution in [0.5, 0.6) is 0 Å². The van der Waals surface area contributed by atoms with Crippen LogP contribution in [0.1, 0.15) is 26.9 Å². The van der Waals surface area contributed by atoms with Crippen LogP contribution < -0.4 is 5.32 Å². The van der Waals surface area contributed by atoms with Crippen molar-refractivity contribution in [3.8, 4) is 0 Å². The molecule has 6 nitrogen and oxygen atoms in total. The van der Waals surface area contributed by atoms with Gasteiger partial charge in [-0.3, -0.25) is 14.9 Å². The lowest BCUT2D eigenvalue weighted by Gasteiger charge is -2.24. The van der Waals surface area contributed by atoms with Crippen molar-refractivity contribution >= 4 is 51.8 Å². The molecule has 1 aliphatic rings. The number of carbonyl (C=O) groups is 2. The normalized spacial score (nSPS) is 15.8. The minimum absolute atomic E-state index is 0.0579. The molecule has 31 heavy (non-hydrogen) atoms. The average molecular weight is 469 g/mol. The summed E-state index contributed by atoms with van der Waals surface area (Å²) in [5, 5.41) is 11.2. The van der Waals surface area contributed by atoms with Crippen LogP contribution in [0, 0.1) is 0 Å². The maximum absolute atomic E-state index is 12.6. The lowest BCUT2D eigenvalue weighted by atomic mass is 10.1. The highest BCUT2D eigenvalue weighted by Crippen LogP contribution is 2.39. The van der Waals surface area contributed by atoms with E-state index in [1.807, 2.05) is 47.4 Å². The van der Waals surface area contributed by atoms with Crippen LogP contribution in [0.3, 0.4) is 0 Å². The zero-order valence-electron chi connectivity index (χ0n) is 16.6. The van der Waals surface area contributed by atoms with Crippen molar-refractivity contribution in [2.75, 3.05) is 16.8 Å².